The minimum atomic E-state index is -0.500. The van der Waals surface area contributed by atoms with Crippen molar-refractivity contribution in [2.45, 2.75) is 6.61 Å². The van der Waals surface area contributed by atoms with Gasteiger partial charge in [-0.3, -0.25) is 4.79 Å². The number of aldehydes is 1. The average Bonchev–Trinajstić information content (AvgIpc) is 2.05. The maximum atomic E-state index is 12.9. The van der Waals surface area contributed by atoms with Crippen LogP contribution in [0.5, 0.6) is 0 Å². The minimum absolute atomic E-state index is 0.0827. The fourth-order valence-electron chi connectivity index (χ4n) is 0.995. The van der Waals surface area contributed by atoms with Crippen LogP contribution in [-0.2, 0) is 11.3 Å². The monoisotopic (exact) mass is 168 g/mol. The normalized spacial score (nSPS) is 9.83. The molecule has 0 aliphatic rings. The molecule has 12 heavy (non-hydrogen) atoms. The summed E-state index contributed by atoms with van der Waals surface area (Å²) in [5, 5.41) is 0. The molecule has 0 heterocycles. The molecule has 1 aromatic carbocycles. The van der Waals surface area contributed by atoms with Crippen LogP contribution in [0.4, 0.5) is 4.39 Å². The molecule has 0 saturated heterocycles. The van der Waals surface area contributed by atoms with Crippen LogP contribution >= 0.6 is 0 Å². The van der Waals surface area contributed by atoms with Crippen molar-refractivity contribution in [2.24, 2.45) is 0 Å². The van der Waals surface area contributed by atoms with Gasteiger partial charge in [0.1, 0.15) is 5.82 Å². The molecule has 64 valence electrons. The lowest BCUT2D eigenvalue weighted by Crippen LogP contribution is -1.97. The zero-order valence-electron chi connectivity index (χ0n) is 6.71. The average molecular weight is 168 g/mol. The molecule has 0 saturated carbocycles. The van der Waals surface area contributed by atoms with Crippen LogP contribution in [-0.4, -0.2) is 13.4 Å². The van der Waals surface area contributed by atoms with Gasteiger partial charge in [0.05, 0.1) is 12.2 Å². The van der Waals surface area contributed by atoms with Crippen molar-refractivity contribution in [3.8, 4) is 0 Å². The van der Waals surface area contributed by atoms with Crippen LogP contribution in [0.2, 0.25) is 0 Å². The Morgan fingerprint density at radius 3 is 2.92 bits per heavy atom. The predicted octanol–water partition coefficient (Wildman–Crippen LogP) is 1.78. The molecule has 1 rings (SSSR count). The fraction of sp³-hybridized carbons (Fsp3) is 0.222. The number of halogens is 1. The molecule has 0 N–H and O–H groups in total. The van der Waals surface area contributed by atoms with Crippen LogP contribution in [0, 0.1) is 5.82 Å². The van der Waals surface area contributed by atoms with Crippen molar-refractivity contribution in [1.82, 2.24) is 0 Å². The lowest BCUT2D eigenvalue weighted by atomic mass is 10.1. The summed E-state index contributed by atoms with van der Waals surface area (Å²) in [6.07, 6.45) is 0.504. The number of carbonyl (C=O) groups excluding carboxylic acids is 1. The van der Waals surface area contributed by atoms with Crippen LogP contribution in [0.3, 0.4) is 0 Å². The third-order valence-corrected chi connectivity index (χ3v) is 1.56. The lowest BCUT2D eigenvalue weighted by molar-refractivity contribution is 0.111. The van der Waals surface area contributed by atoms with Gasteiger partial charge >= 0.3 is 0 Å². The Bertz CT molecular complexity index is 284. The quantitative estimate of drug-likeness (QED) is 0.643. The standard InChI is InChI=1S/C9H9FO2/c1-12-6-7-3-2-4-9(10)8(7)5-11/h2-5H,6H2,1H3. The van der Waals surface area contributed by atoms with Crippen LogP contribution in [0.15, 0.2) is 18.2 Å². The number of ether oxygens (including phenoxy) is 1. The van der Waals surface area contributed by atoms with Gasteiger partial charge < -0.3 is 4.74 Å². The maximum Gasteiger partial charge on any atom is 0.153 e. The molecule has 0 aromatic heterocycles. The number of hydrogen-bond donors (Lipinski definition) is 0. The Hall–Kier alpha value is -1.22. The van der Waals surface area contributed by atoms with E-state index in [1.165, 1.54) is 13.2 Å². The highest BCUT2D eigenvalue weighted by molar-refractivity contribution is 5.77. The van der Waals surface area contributed by atoms with Crippen molar-refractivity contribution in [3.05, 3.63) is 35.1 Å². The Morgan fingerprint density at radius 1 is 1.58 bits per heavy atom. The molecular weight excluding hydrogens is 159 g/mol. The van der Waals surface area contributed by atoms with Gasteiger partial charge in [-0.05, 0) is 11.6 Å². The first kappa shape index (κ1) is 8.87. The van der Waals surface area contributed by atoms with E-state index in [9.17, 15) is 9.18 Å². The second kappa shape index (κ2) is 3.97. The summed E-state index contributed by atoms with van der Waals surface area (Å²) >= 11 is 0. The van der Waals surface area contributed by atoms with Crippen LogP contribution in [0.1, 0.15) is 15.9 Å². The number of hydrogen-bond acceptors (Lipinski definition) is 2. The van der Waals surface area contributed by atoms with E-state index in [-0.39, 0.29) is 12.2 Å². The first-order valence-electron chi connectivity index (χ1n) is 3.51. The van der Waals surface area contributed by atoms with E-state index in [0.717, 1.165) is 0 Å². The summed E-state index contributed by atoms with van der Waals surface area (Å²) in [5.74, 6) is -0.500. The topological polar surface area (TPSA) is 26.3 Å². The number of methoxy groups -OCH3 is 1. The Morgan fingerprint density at radius 2 is 2.33 bits per heavy atom. The van der Waals surface area contributed by atoms with Gasteiger partial charge in [-0.2, -0.15) is 0 Å². The van der Waals surface area contributed by atoms with Gasteiger partial charge in [0, 0.05) is 7.11 Å². The van der Waals surface area contributed by atoms with Gasteiger partial charge in [-0.25, -0.2) is 4.39 Å². The SMILES string of the molecule is COCc1cccc(F)c1C=O. The number of carbonyl (C=O) groups is 1. The molecule has 0 aliphatic heterocycles. The third kappa shape index (κ3) is 1.68. The predicted molar refractivity (Wildman–Crippen MR) is 42.5 cm³/mol. The zero-order valence-corrected chi connectivity index (χ0v) is 6.71. The molecule has 0 fully saturated rings. The molecule has 2 nitrogen and oxygen atoms in total. The summed E-state index contributed by atoms with van der Waals surface area (Å²) in [7, 11) is 1.50. The Labute approximate surface area is 70.0 Å². The summed E-state index contributed by atoms with van der Waals surface area (Å²) < 4.78 is 17.7. The Kier molecular flexibility index (Phi) is 2.94. The number of benzene rings is 1. The lowest BCUT2D eigenvalue weighted by Gasteiger charge is -2.02. The molecule has 3 heteroatoms. The summed E-state index contributed by atoms with van der Waals surface area (Å²) in [4.78, 5) is 10.4. The third-order valence-electron chi connectivity index (χ3n) is 1.56. The minimum Gasteiger partial charge on any atom is -0.380 e. The molecule has 0 aliphatic carbocycles. The zero-order chi connectivity index (χ0) is 8.97. The summed E-state index contributed by atoms with van der Waals surface area (Å²) in [6, 6.07) is 4.47. The van der Waals surface area contributed by atoms with E-state index >= 15 is 0 Å². The molecule has 0 spiro atoms. The second-order valence-corrected chi connectivity index (χ2v) is 2.36. The molecular formula is C9H9FO2. The first-order chi connectivity index (χ1) is 5.79. The van der Waals surface area contributed by atoms with E-state index in [4.69, 9.17) is 4.74 Å². The van der Waals surface area contributed by atoms with Gasteiger partial charge in [0.2, 0.25) is 0 Å². The molecule has 1 aromatic rings. The highest BCUT2D eigenvalue weighted by Crippen LogP contribution is 2.11. The van der Waals surface area contributed by atoms with Gasteiger partial charge in [0.25, 0.3) is 0 Å². The Balaban J connectivity index is 3.09. The molecule has 0 radical (unpaired) electrons. The van der Waals surface area contributed by atoms with Gasteiger partial charge in [0.15, 0.2) is 6.29 Å². The van der Waals surface area contributed by atoms with E-state index in [0.29, 0.717) is 11.8 Å². The van der Waals surface area contributed by atoms with Crippen molar-refractivity contribution in [1.29, 1.82) is 0 Å². The molecule has 0 unspecified atom stereocenters. The summed E-state index contributed by atoms with van der Waals surface area (Å²) in [5.41, 5.74) is 0.659. The van der Waals surface area contributed by atoms with Crippen molar-refractivity contribution < 1.29 is 13.9 Å². The van der Waals surface area contributed by atoms with Crippen molar-refractivity contribution in [2.75, 3.05) is 7.11 Å². The van der Waals surface area contributed by atoms with Crippen LogP contribution < -0.4 is 0 Å². The van der Waals surface area contributed by atoms with Gasteiger partial charge in [-0.15, -0.1) is 0 Å². The highest BCUT2D eigenvalue weighted by Gasteiger charge is 2.05. The molecule has 0 bridgehead atoms. The summed E-state index contributed by atoms with van der Waals surface area (Å²) in [6.45, 7) is 0.256. The van der Waals surface area contributed by atoms with E-state index < -0.39 is 5.82 Å². The van der Waals surface area contributed by atoms with Gasteiger partial charge in [-0.1, -0.05) is 12.1 Å². The molecule has 0 atom stereocenters. The smallest absolute Gasteiger partial charge is 0.153 e. The maximum absolute atomic E-state index is 12.9. The molecule has 0 amide bonds. The van der Waals surface area contributed by atoms with Crippen LogP contribution in [0.25, 0.3) is 0 Å². The van der Waals surface area contributed by atoms with E-state index in [2.05, 4.69) is 0 Å². The second-order valence-electron chi connectivity index (χ2n) is 2.36. The highest BCUT2D eigenvalue weighted by atomic mass is 19.1. The van der Waals surface area contributed by atoms with E-state index in [1.807, 2.05) is 0 Å². The van der Waals surface area contributed by atoms with E-state index in [1.54, 1.807) is 12.1 Å². The first-order valence-corrected chi connectivity index (χ1v) is 3.51. The largest absolute Gasteiger partial charge is 0.380 e. The number of rotatable bonds is 3. The van der Waals surface area contributed by atoms with Crippen molar-refractivity contribution in [3.63, 3.8) is 0 Å². The van der Waals surface area contributed by atoms with Crippen molar-refractivity contribution >= 4 is 6.29 Å². The fourth-order valence-corrected chi connectivity index (χ4v) is 0.995.